The van der Waals surface area contributed by atoms with Crippen LogP contribution in [-0.2, 0) is 25.5 Å². The molecule has 0 aliphatic carbocycles. The molecule has 0 saturated heterocycles. The minimum Gasteiger partial charge on any atom is -0.465 e. The van der Waals surface area contributed by atoms with Crippen LogP contribution in [0.4, 0.5) is 0 Å². The predicted molar refractivity (Wildman–Crippen MR) is 101 cm³/mol. The van der Waals surface area contributed by atoms with Gasteiger partial charge in [0, 0.05) is 4.90 Å². The largest absolute Gasteiger partial charge is 0.465 e. The number of benzene rings is 1. The highest BCUT2D eigenvalue weighted by atomic mass is 32.2. The smallest absolute Gasteiger partial charge is 0.323 e. The molecule has 0 radical (unpaired) electrons. The Morgan fingerprint density at radius 2 is 1.56 bits per heavy atom. The Hall–Kier alpha value is -1.53. The van der Waals surface area contributed by atoms with E-state index >= 15 is 0 Å². The zero-order chi connectivity index (χ0) is 18.9. The van der Waals surface area contributed by atoms with Gasteiger partial charge in [0.15, 0.2) is 5.41 Å². The van der Waals surface area contributed by atoms with Gasteiger partial charge in [0.2, 0.25) is 0 Å². The molecule has 1 rings (SSSR count). The van der Waals surface area contributed by atoms with Crippen molar-refractivity contribution in [1.29, 1.82) is 0 Å². The van der Waals surface area contributed by atoms with Crippen molar-refractivity contribution in [2.45, 2.75) is 31.6 Å². The van der Waals surface area contributed by atoms with E-state index in [1.807, 2.05) is 49.5 Å². The lowest BCUT2D eigenvalue weighted by Gasteiger charge is -2.30. The van der Waals surface area contributed by atoms with Gasteiger partial charge >= 0.3 is 11.9 Å². The van der Waals surface area contributed by atoms with Crippen LogP contribution in [0, 0.1) is 5.41 Å². The number of thioether (sulfide) groups is 1. The van der Waals surface area contributed by atoms with Gasteiger partial charge in [-0.15, -0.1) is 11.8 Å². The predicted octanol–water partition coefficient (Wildman–Crippen LogP) is 3.02. The second kappa shape index (κ2) is 10.5. The molecule has 1 aromatic rings. The first-order chi connectivity index (χ1) is 11.9. The van der Waals surface area contributed by atoms with E-state index in [4.69, 9.17) is 9.47 Å². The summed E-state index contributed by atoms with van der Waals surface area (Å²) < 4.78 is 10.5. The number of hydrogen-bond acceptors (Lipinski definition) is 6. The zero-order valence-corrected chi connectivity index (χ0v) is 16.6. The monoisotopic (exact) mass is 367 g/mol. The van der Waals surface area contributed by atoms with Gasteiger partial charge in [-0.3, -0.25) is 9.59 Å². The highest BCUT2D eigenvalue weighted by molar-refractivity contribution is 7.98. The van der Waals surface area contributed by atoms with E-state index in [0.29, 0.717) is 13.0 Å². The van der Waals surface area contributed by atoms with Gasteiger partial charge < -0.3 is 14.4 Å². The molecule has 6 heteroatoms. The third-order valence-electron chi connectivity index (χ3n) is 3.98. The Labute approximate surface area is 155 Å². The fourth-order valence-electron chi connectivity index (χ4n) is 2.56. The molecule has 1 aromatic carbocycles. The maximum atomic E-state index is 12.8. The minimum absolute atomic E-state index is 0.230. The summed E-state index contributed by atoms with van der Waals surface area (Å²) in [4.78, 5) is 28.6. The van der Waals surface area contributed by atoms with Gasteiger partial charge in [0.25, 0.3) is 0 Å². The molecule has 0 heterocycles. The van der Waals surface area contributed by atoms with Gasteiger partial charge in [-0.25, -0.2) is 0 Å². The number of rotatable bonds is 10. The molecule has 5 nitrogen and oxygen atoms in total. The number of hydrogen-bond donors (Lipinski definition) is 0. The lowest BCUT2D eigenvalue weighted by atomic mass is 9.78. The van der Waals surface area contributed by atoms with Crippen molar-refractivity contribution in [3.8, 4) is 0 Å². The number of carbonyl (C=O) groups excluding carboxylic acids is 2. The SMILES string of the molecule is CCOC(=O)C(CCN(C)C)(Cc1ccc(SC)cc1)C(=O)OCC. The van der Waals surface area contributed by atoms with Gasteiger partial charge in [0.1, 0.15) is 0 Å². The number of carbonyl (C=O) groups is 2. The lowest BCUT2D eigenvalue weighted by Crippen LogP contribution is -2.45. The van der Waals surface area contributed by atoms with Crippen LogP contribution in [0.5, 0.6) is 0 Å². The molecule has 0 spiro atoms. The average Bonchev–Trinajstić information content (AvgIpc) is 2.59. The Bertz CT molecular complexity index is 539. The lowest BCUT2D eigenvalue weighted by molar-refractivity contribution is -0.173. The molecule has 0 fully saturated rings. The molecule has 0 aliphatic heterocycles. The van der Waals surface area contributed by atoms with Crippen molar-refractivity contribution >= 4 is 23.7 Å². The highest BCUT2D eigenvalue weighted by Gasteiger charge is 2.48. The molecular formula is C19H29NO4S. The average molecular weight is 368 g/mol. The summed E-state index contributed by atoms with van der Waals surface area (Å²) in [7, 11) is 3.82. The quantitative estimate of drug-likeness (QED) is 0.360. The summed E-state index contributed by atoms with van der Waals surface area (Å²) in [5.41, 5.74) is -0.408. The molecule has 0 saturated carbocycles. The standard InChI is InChI=1S/C19H29NO4S/c1-6-23-17(21)19(12-13-20(3)4,18(22)24-7-2)14-15-8-10-16(25-5)11-9-15/h8-11H,6-7,12-14H2,1-5H3. The first kappa shape index (κ1) is 21.5. The summed E-state index contributed by atoms with van der Waals surface area (Å²) in [6, 6.07) is 7.89. The topological polar surface area (TPSA) is 55.8 Å². The Kier molecular flexibility index (Phi) is 9.00. The number of esters is 2. The minimum atomic E-state index is -1.32. The fourth-order valence-corrected chi connectivity index (χ4v) is 2.97. The summed E-state index contributed by atoms with van der Waals surface area (Å²) >= 11 is 1.65. The van der Waals surface area contributed by atoms with Crippen molar-refractivity contribution < 1.29 is 19.1 Å². The van der Waals surface area contributed by atoms with Crippen LogP contribution in [0.2, 0.25) is 0 Å². The van der Waals surface area contributed by atoms with Crippen LogP contribution in [0.1, 0.15) is 25.8 Å². The van der Waals surface area contributed by atoms with Gasteiger partial charge in [-0.2, -0.15) is 0 Å². The van der Waals surface area contributed by atoms with Gasteiger partial charge in [0.05, 0.1) is 13.2 Å². The van der Waals surface area contributed by atoms with E-state index in [1.54, 1.807) is 25.6 Å². The van der Waals surface area contributed by atoms with Crippen LogP contribution in [0.3, 0.4) is 0 Å². The molecule has 0 N–H and O–H groups in total. The second-order valence-electron chi connectivity index (χ2n) is 6.10. The van der Waals surface area contributed by atoms with Crippen molar-refractivity contribution in [1.82, 2.24) is 4.90 Å². The maximum absolute atomic E-state index is 12.8. The van der Waals surface area contributed by atoms with Crippen LogP contribution in [0.25, 0.3) is 0 Å². The molecular weight excluding hydrogens is 338 g/mol. The normalized spacial score (nSPS) is 11.4. The molecule has 140 valence electrons. The zero-order valence-electron chi connectivity index (χ0n) is 15.8. The maximum Gasteiger partial charge on any atom is 0.323 e. The highest BCUT2D eigenvalue weighted by Crippen LogP contribution is 2.32. The molecule has 0 atom stereocenters. The fraction of sp³-hybridized carbons (Fsp3) is 0.579. The third kappa shape index (κ3) is 6.04. The van der Waals surface area contributed by atoms with Crippen molar-refractivity contribution in [3.63, 3.8) is 0 Å². The van der Waals surface area contributed by atoms with E-state index in [2.05, 4.69) is 0 Å². The van der Waals surface area contributed by atoms with Crippen LogP contribution >= 0.6 is 11.8 Å². The summed E-state index contributed by atoms with van der Waals surface area (Å²) in [5, 5.41) is 0. The Balaban J connectivity index is 3.22. The van der Waals surface area contributed by atoms with E-state index in [9.17, 15) is 9.59 Å². The van der Waals surface area contributed by atoms with Crippen LogP contribution in [-0.4, -0.2) is 56.9 Å². The molecule has 25 heavy (non-hydrogen) atoms. The van der Waals surface area contributed by atoms with Crippen molar-refractivity contribution in [2.75, 3.05) is 40.1 Å². The first-order valence-electron chi connectivity index (χ1n) is 8.51. The summed E-state index contributed by atoms with van der Waals surface area (Å²) in [5.74, 6) is -1.02. The number of nitrogens with zero attached hydrogens (tertiary/aromatic N) is 1. The molecule has 0 aliphatic rings. The van der Waals surface area contributed by atoms with Gasteiger partial charge in [-0.05, 0) is 71.3 Å². The first-order valence-corrected chi connectivity index (χ1v) is 9.74. The summed E-state index contributed by atoms with van der Waals surface area (Å²) in [6.45, 7) is 4.53. The molecule has 0 amide bonds. The summed E-state index contributed by atoms with van der Waals surface area (Å²) in [6.07, 6.45) is 2.63. The Morgan fingerprint density at radius 1 is 1.04 bits per heavy atom. The van der Waals surface area contributed by atoms with Crippen molar-refractivity contribution in [3.05, 3.63) is 29.8 Å². The molecule has 0 aromatic heterocycles. The van der Waals surface area contributed by atoms with Gasteiger partial charge in [-0.1, -0.05) is 12.1 Å². The van der Waals surface area contributed by atoms with Crippen molar-refractivity contribution in [2.24, 2.45) is 5.41 Å². The van der Waals surface area contributed by atoms with E-state index < -0.39 is 17.4 Å². The van der Waals surface area contributed by atoms with E-state index in [0.717, 1.165) is 10.5 Å². The molecule has 0 unspecified atom stereocenters. The van der Waals surface area contributed by atoms with Crippen LogP contribution in [0.15, 0.2) is 29.2 Å². The molecule has 0 bridgehead atoms. The second-order valence-corrected chi connectivity index (χ2v) is 6.98. The third-order valence-corrected chi connectivity index (χ3v) is 4.73. The number of ether oxygens (including phenoxy) is 2. The Morgan fingerprint density at radius 3 is 1.96 bits per heavy atom. The van der Waals surface area contributed by atoms with E-state index in [-0.39, 0.29) is 19.6 Å². The van der Waals surface area contributed by atoms with E-state index in [1.165, 1.54) is 0 Å². The van der Waals surface area contributed by atoms with Crippen LogP contribution < -0.4 is 0 Å².